The Kier molecular flexibility index (Phi) is 21.9. The minimum absolute atomic E-state index is 0.345. The van der Waals surface area contributed by atoms with Gasteiger partial charge in [0.2, 0.25) is 0 Å². The predicted octanol–water partition coefficient (Wildman–Crippen LogP) is 5.49. The fourth-order valence-corrected chi connectivity index (χ4v) is 2.29. The molecule has 0 radical (unpaired) electrons. The van der Waals surface area contributed by atoms with Crippen LogP contribution in [0.3, 0.4) is 0 Å². The fourth-order valence-electron chi connectivity index (χ4n) is 2.29. The Labute approximate surface area is 137 Å². The van der Waals surface area contributed by atoms with Crippen LogP contribution in [0.1, 0.15) is 96.8 Å². The zero-order chi connectivity index (χ0) is 17.1. The first kappa shape index (κ1) is 23.7. The molecule has 0 aliphatic rings. The molecule has 0 rings (SSSR count). The van der Waals surface area contributed by atoms with Gasteiger partial charge in [-0.05, 0) is 6.42 Å². The third-order valence-corrected chi connectivity index (χ3v) is 3.49. The summed E-state index contributed by atoms with van der Waals surface area (Å²) in [6.45, 7) is 2.26. The monoisotopic (exact) mass is 317 g/mol. The van der Waals surface area contributed by atoms with Gasteiger partial charge in [0, 0.05) is 20.5 Å². The Balaban J connectivity index is 0. The van der Waals surface area contributed by atoms with E-state index in [1.54, 1.807) is 14.1 Å². The number of hydrogen-bond donors (Lipinski definition) is 2. The third kappa shape index (κ3) is 31.7. The smallest absolute Gasteiger partial charge is 0.303 e. The van der Waals surface area contributed by atoms with Crippen LogP contribution in [-0.2, 0) is 4.79 Å². The summed E-state index contributed by atoms with van der Waals surface area (Å²) in [4.78, 5) is 10.3. The van der Waals surface area contributed by atoms with Crippen molar-refractivity contribution in [2.75, 3.05) is 14.1 Å². The molecule has 0 atom stereocenters. The van der Waals surface area contributed by atoms with Crippen LogP contribution in [0.15, 0.2) is 0 Å². The lowest BCUT2D eigenvalue weighted by atomic mass is 10.0. The van der Waals surface area contributed by atoms with Crippen LogP contribution >= 0.6 is 0 Å². The van der Waals surface area contributed by atoms with Gasteiger partial charge in [0.1, 0.15) is 0 Å². The molecule has 0 unspecified atom stereocenters. The van der Waals surface area contributed by atoms with E-state index >= 15 is 0 Å². The Bertz CT molecular complexity index is 218. The molecule has 22 heavy (non-hydrogen) atoms. The summed E-state index contributed by atoms with van der Waals surface area (Å²) in [7, 11) is 3.11. The van der Waals surface area contributed by atoms with E-state index < -0.39 is 5.97 Å². The van der Waals surface area contributed by atoms with Gasteiger partial charge in [0.15, 0.2) is 0 Å². The lowest BCUT2D eigenvalue weighted by molar-refractivity contribution is -0.137. The maximum absolute atomic E-state index is 10.3. The van der Waals surface area contributed by atoms with Gasteiger partial charge < -0.3 is 10.3 Å². The number of carbonyl (C=O) groups is 1. The Morgan fingerprint density at radius 1 is 0.727 bits per heavy atom. The summed E-state index contributed by atoms with van der Waals surface area (Å²) in [6.07, 6.45) is 17.3. The molecule has 0 aromatic heterocycles. The van der Waals surface area contributed by atoms with Crippen molar-refractivity contribution in [2.45, 2.75) is 96.8 Å². The lowest BCUT2D eigenvalue weighted by Crippen LogP contribution is -2.01. The maximum atomic E-state index is 10.3. The topological polar surface area (TPSA) is 60.8 Å². The number of hydroxylamine groups is 2. The number of nitrogens with zero attached hydrogens (tertiary/aromatic N) is 1. The van der Waals surface area contributed by atoms with Crippen LogP contribution in [0.5, 0.6) is 0 Å². The van der Waals surface area contributed by atoms with Crippen LogP contribution in [-0.4, -0.2) is 35.4 Å². The van der Waals surface area contributed by atoms with Gasteiger partial charge in [-0.3, -0.25) is 4.79 Å². The second-order valence-electron chi connectivity index (χ2n) is 6.23. The molecule has 4 nitrogen and oxygen atoms in total. The number of carboxylic acid groups (broad SMARTS) is 1. The largest absolute Gasteiger partial charge is 0.481 e. The van der Waals surface area contributed by atoms with Gasteiger partial charge in [0.05, 0.1) is 0 Å². The van der Waals surface area contributed by atoms with Gasteiger partial charge in [-0.25, -0.2) is 0 Å². The van der Waals surface area contributed by atoms with Crippen LogP contribution in [0.4, 0.5) is 0 Å². The van der Waals surface area contributed by atoms with Gasteiger partial charge in [-0.15, -0.1) is 0 Å². The van der Waals surface area contributed by atoms with Gasteiger partial charge in [0.25, 0.3) is 0 Å². The molecular formula is C18H39NO3. The van der Waals surface area contributed by atoms with E-state index in [0.717, 1.165) is 17.9 Å². The summed E-state index contributed by atoms with van der Waals surface area (Å²) >= 11 is 0. The molecule has 0 fully saturated rings. The summed E-state index contributed by atoms with van der Waals surface area (Å²) in [5, 5.41) is 17.4. The van der Waals surface area contributed by atoms with Crippen molar-refractivity contribution in [1.29, 1.82) is 0 Å². The van der Waals surface area contributed by atoms with E-state index in [9.17, 15) is 4.79 Å². The van der Waals surface area contributed by atoms with Crippen molar-refractivity contribution < 1.29 is 15.1 Å². The average Bonchev–Trinajstić information content (AvgIpc) is 2.43. The van der Waals surface area contributed by atoms with Crippen molar-refractivity contribution in [3.63, 3.8) is 0 Å². The first-order chi connectivity index (χ1) is 10.5. The highest BCUT2D eigenvalue weighted by Crippen LogP contribution is 2.12. The summed E-state index contributed by atoms with van der Waals surface area (Å²) in [5.74, 6) is -0.655. The molecule has 134 valence electrons. The van der Waals surface area contributed by atoms with Gasteiger partial charge in [-0.1, -0.05) is 84.0 Å². The highest BCUT2D eigenvalue weighted by atomic mass is 16.5. The molecule has 0 aromatic carbocycles. The molecule has 0 aromatic rings. The van der Waals surface area contributed by atoms with Crippen molar-refractivity contribution in [1.82, 2.24) is 5.06 Å². The number of carboxylic acids is 1. The number of aliphatic carboxylic acids is 1. The first-order valence-electron chi connectivity index (χ1n) is 9.08. The molecule has 0 saturated heterocycles. The molecule has 0 aliphatic carbocycles. The highest BCUT2D eigenvalue weighted by Gasteiger charge is 1.96. The zero-order valence-corrected chi connectivity index (χ0v) is 15.1. The number of rotatable bonds is 14. The standard InChI is InChI=1S/C16H32O2.C2H7NO/c1-2-3-4-5-6-7-8-9-10-11-12-13-14-15-16(17)18;1-3(2)4/h2-15H2,1H3,(H,17,18);4H,1-2H3. The molecule has 0 aliphatic heterocycles. The molecule has 0 spiro atoms. The minimum atomic E-state index is -0.655. The first-order valence-corrected chi connectivity index (χ1v) is 9.08. The van der Waals surface area contributed by atoms with Crippen molar-refractivity contribution in [2.24, 2.45) is 0 Å². The normalized spacial score (nSPS) is 10.4. The second kappa shape index (κ2) is 20.4. The van der Waals surface area contributed by atoms with E-state index in [1.165, 1.54) is 70.6 Å². The lowest BCUT2D eigenvalue weighted by Gasteiger charge is -2.02. The van der Waals surface area contributed by atoms with Crippen molar-refractivity contribution in [3.05, 3.63) is 0 Å². The summed E-state index contributed by atoms with van der Waals surface area (Å²) < 4.78 is 0. The van der Waals surface area contributed by atoms with Gasteiger partial charge >= 0.3 is 5.97 Å². The van der Waals surface area contributed by atoms with E-state index in [4.69, 9.17) is 10.3 Å². The van der Waals surface area contributed by atoms with Crippen LogP contribution < -0.4 is 0 Å². The molecular weight excluding hydrogens is 278 g/mol. The second-order valence-corrected chi connectivity index (χ2v) is 6.23. The van der Waals surface area contributed by atoms with Crippen LogP contribution in [0, 0.1) is 0 Å². The van der Waals surface area contributed by atoms with Crippen LogP contribution in [0.25, 0.3) is 0 Å². The third-order valence-electron chi connectivity index (χ3n) is 3.49. The molecule has 0 bridgehead atoms. The molecule has 2 N–H and O–H groups in total. The molecule has 4 heteroatoms. The Morgan fingerprint density at radius 3 is 1.27 bits per heavy atom. The average molecular weight is 318 g/mol. The SMILES string of the molecule is CCCCCCCCCCCCCCCC(=O)O.CN(C)O. The predicted molar refractivity (Wildman–Crippen MR) is 93.4 cm³/mol. The zero-order valence-electron chi connectivity index (χ0n) is 15.1. The van der Waals surface area contributed by atoms with Crippen molar-refractivity contribution >= 4 is 5.97 Å². The minimum Gasteiger partial charge on any atom is -0.481 e. The Morgan fingerprint density at radius 2 is 1.00 bits per heavy atom. The molecule has 0 saturated carbocycles. The van der Waals surface area contributed by atoms with E-state index in [-0.39, 0.29) is 0 Å². The van der Waals surface area contributed by atoms with Crippen LogP contribution in [0.2, 0.25) is 0 Å². The quantitative estimate of drug-likeness (QED) is 0.328. The van der Waals surface area contributed by atoms with E-state index in [0.29, 0.717) is 6.42 Å². The van der Waals surface area contributed by atoms with E-state index in [1.807, 2.05) is 0 Å². The molecule has 0 amide bonds. The number of hydrogen-bond acceptors (Lipinski definition) is 3. The van der Waals surface area contributed by atoms with E-state index in [2.05, 4.69) is 6.92 Å². The molecule has 0 heterocycles. The Hall–Kier alpha value is -0.610. The number of unbranched alkanes of at least 4 members (excludes halogenated alkanes) is 12. The summed E-state index contributed by atoms with van der Waals surface area (Å²) in [6, 6.07) is 0. The summed E-state index contributed by atoms with van der Waals surface area (Å²) in [5.41, 5.74) is 0. The fraction of sp³-hybridized carbons (Fsp3) is 0.944. The van der Waals surface area contributed by atoms with Crippen molar-refractivity contribution in [3.8, 4) is 0 Å². The van der Waals surface area contributed by atoms with Gasteiger partial charge in [-0.2, -0.15) is 5.06 Å². The highest BCUT2D eigenvalue weighted by molar-refractivity contribution is 5.66. The maximum Gasteiger partial charge on any atom is 0.303 e.